The lowest BCUT2D eigenvalue weighted by atomic mass is 10.4. The molecule has 48 valence electrons. The van der Waals surface area contributed by atoms with Crippen LogP contribution < -0.4 is 0 Å². The third kappa shape index (κ3) is 1.57. The minimum absolute atomic E-state index is 0.375. The smallest absolute Gasteiger partial charge is 0.0737 e. The number of halogens is 2. The molecule has 1 aromatic heterocycles. The molecule has 9 heavy (non-hydrogen) atoms. The van der Waals surface area contributed by atoms with Crippen molar-refractivity contribution in [3.8, 4) is 0 Å². The lowest BCUT2D eigenvalue weighted by Crippen LogP contribution is -1.83. The number of nitrogens with zero attached hydrogens (tertiary/aromatic N) is 1. The predicted molar refractivity (Wildman–Crippen MR) is 38.8 cm³/mol. The molecule has 0 atom stereocenters. The van der Waals surface area contributed by atoms with Gasteiger partial charge in [0.05, 0.1) is 16.6 Å². The van der Waals surface area contributed by atoms with Crippen LogP contribution in [0.25, 0.3) is 0 Å². The molecule has 0 aliphatic rings. The summed E-state index contributed by atoms with van der Waals surface area (Å²) in [5.74, 6) is 0.375. The number of pyridine rings is 1. The number of aromatic nitrogens is 1. The van der Waals surface area contributed by atoms with Gasteiger partial charge in [-0.05, 0) is 12.1 Å². The van der Waals surface area contributed by atoms with Crippen molar-refractivity contribution in [2.75, 3.05) is 0 Å². The third-order valence-electron chi connectivity index (χ3n) is 0.961. The van der Waals surface area contributed by atoms with E-state index in [0.29, 0.717) is 10.9 Å². The fraction of sp³-hybridized carbons (Fsp3) is 0.167. The van der Waals surface area contributed by atoms with E-state index in [4.69, 9.17) is 23.2 Å². The van der Waals surface area contributed by atoms with Crippen molar-refractivity contribution in [1.29, 1.82) is 0 Å². The Morgan fingerprint density at radius 3 is 2.78 bits per heavy atom. The van der Waals surface area contributed by atoms with Gasteiger partial charge in [0.25, 0.3) is 0 Å². The zero-order chi connectivity index (χ0) is 6.69. The van der Waals surface area contributed by atoms with Gasteiger partial charge in [0, 0.05) is 6.20 Å². The topological polar surface area (TPSA) is 12.9 Å². The lowest BCUT2D eigenvalue weighted by molar-refractivity contribution is 1.17. The molecule has 0 spiro atoms. The van der Waals surface area contributed by atoms with E-state index in [-0.39, 0.29) is 0 Å². The van der Waals surface area contributed by atoms with Crippen LogP contribution in [0.2, 0.25) is 5.02 Å². The first-order chi connectivity index (χ1) is 4.34. The fourth-order valence-electron chi connectivity index (χ4n) is 0.517. The van der Waals surface area contributed by atoms with Crippen molar-refractivity contribution >= 4 is 23.2 Å². The normalized spacial score (nSPS) is 9.56. The summed E-state index contributed by atoms with van der Waals surface area (Å²) in [6.07, 6.45) is 1.67. The highest BCUT2D eigenvalue weighted by atomic mass is 35.5. The second kappa shape index (κ2) is 3.04. The molecule has 0 amide bonds. The van der Waals surface area contributed by atoms with Crippen LogP contribution >= 0.6 is 23.2 Å². The highest BCUT2D eigenvalue weighted by molar-refractivity contribution is 6.32. The molecule has 0 saturated carbocycles. The number of rotatable bonds is 1. The first kappa shape index (κ1) is 6.84. The summed E-state index contributed by atoms with van der Waals surface area (Å²) in [4.78, 5) is 3.93. The van der Waals surface area contributed by atoms with E-state index in [9.17, 15) is 0 Å². The largest absolute Gasteiger partial charge is 0.258 e. The van der Waals surface area contributed by atoms with Gasteiger partial charge in [-0.3, -0.25) is 4.98 Å². The fourth-order valence-corrected chi connectivity index (χ4v) is 0.986. The van der Waals surface area contributed by atoms with Crippen LogP contribution in [0.5, 0.6) is 0 Å². The highest BCUT2D eigenvalue weighted by Crippen LogP contribution is 2.13. The summed E-state index contributed by atoms with van der Waals surface area (Å²) in [6, 6.07) is 3.55. The van der Waals surface area contributed by atoms with Crippen LogP contribution in [0, 0.1) is 0 Å². The molecule has 1 rings (SSSR count). The maximum atomic E-state index is 5.68. The van der Waals surface area contributed by atoms with E-state index < -0.39 is 0 Å². The van der Waals surface area contributed by atoms with E-state index in [1.54, 1.807) is 18.3 Å². The molecule has 0 radical (unpaired) electrons. The molecule has 0 N–H and O–H groups in total. The van der Waals surface area contributed by atoms with Crippen LogP contribution in [-0.2, 0) is 5.88 Å². The quantitative estimate of drug-likeness (QED) is 0.578. The second-order valence-corrected chi connectivity index (χ2v) is 2.24. The maximum Gasteiger partial charge on any atom is 0.0737 e. The Balaban J connectivity index is 3.01. The Morgan fingerprint density at radius 1 is 1.56 bits per heavy atom. The van der Waals surface area contributed by atoms with E-state index in [2.05, 4.69) is 4.98 Å². The van der Waals surface area contributed by atoms with Crippen LogP contribution in [0.3, 0.4) is 0 Å². The standard InChI is InChI=1S/C6H5Cl2N/c7-4-6-5(8)2-1-3-9-6/h1-3H,4H2. The van der Waals surface area contributed by atoms with Crippen LogP contribution in [0.1, 0.15) is 5.69 Å². The van der Waals surface area contributed by atoms with Gasteiger partial charge in [-0.25, -0.2) is 0 Å². The van der Waals surface area contributed by atoms with Gasteiger partial charge in [0.15, 0.2) is 0 Å². The lowest BCUT2D eigenvalue weighted by Gasteiger charge is -1.93. The minimum atomic E-state index is 0.375. The summed E-state index contributed by atoms with van der Waals surface area (Å²) in [6.45, 7) is 0. The highest BCUT2D eigenvalue weighted by Gasteiger charge is 1.95. The van der Waals surface area contributed by atoms with Gasteiger partial charge in [-0.2, -0.15) is 0 Å². The number of hydrogen-bond donors (Lipinski definition) is 0. The Bertz CT molecular complexity index is 200. The maximum absolute atomic E-state index is 5.68. The SMILES string of the molecule is ClCc1ncccc1Cl. The molecule has 0 aromatic carbocycles. The van der Waals surface area contributed by atoms with Crippen LogP contribution in [-0.4, -0.2) is 4.98 Å². The van der Waals surface area contributed by atoms with Crippen molar-refractivity contribution in [2.24, 2.45) is 0 Å². The Labute approximate surface area is 63.6 Å². The molecule has 0 bridgehead atoms. The van der Waals surface area contributed by atoms with Gasteiger partial charge >= 0.3 is 0 Å². The average molecular weight is 162 g/mol. The van der Waals surface area contributed by atoms with Gasteiger partial charge < -0.3 is 0 Å². The Hall–Kier alpha value is -0.270. The monoisotopic (exact) mass is 161 g/mol. The molecule has 3 heteroatoms. The summed E-state index contributed by atoms with van der Waals surface area (Å²) >= 11 is 11.2. The van der Waals surface area contributed by atoms with Crippen molar-refractivity contribution in [3.63, 3.8) is 0 Å². The van der Waals surface area contributed by atoms with E-state index >= 15 is 0 Å². The van der Waals surface area contributed by atoms with E-state index in [1.165, 1.54) is 0 Å². The molecular weight excluding hydrogens is 157 g/mol. The van der Waals surface area contributed by atoms with Gasteiger partial charge in [-0.15, -0.1) is 11.6 Å². The van der Waals surface area contributed by atoms with Gasteiger partial charge in [0.2, 0.25) is 0 Å². The summed E-state index contributed by atoms with van der Waals surface area (Å²) < 4.78 is 0. The molecule has 0 unspecified atom stereocenters. The first-order valence-corrected chi connectivity index (χ1v) is 3.41. The van der Waals surface area contributed by atoms with Gasteiger partial charge in [0.1, 0.15) is 0 Å². The van der Waals surface area contributed by atoms with E-state index in [0.717, 1.165) is 5.69 Å². The van der Waals surface area contributed by atoms with Crippen molar-refractivity contribution in [2.45, 2.75) is 5.88 Å². The Morgan fingerprint density at radius 2 is 2.33 bits per heavy atom. The van der Waals surface area contributed by atoms with Crippen LogP contribution in [0.15, 0.2) is 18.3 Å². The predicted octanol–water partition coefficient (Wildman–Crippen LogP) is 2.47. The van der Waals surface area contributed by atoms with Crippen molar-refractivity contribution < 1.29 is 0 Å². The van der Waals surface area contributed by atoms with Crippen molar-refractivity contribution in [3.05, 3.63) is 29.0 Å². The molecular formula is C6H5Cl2N. The van der Waals surface area contributed by atoms with Crippen LogP contribution in [0.4, 0.5) is 0 Å². The van der Waals surface area contributed by atoms with Crippen molar-refractivity contribution in [1.82, 2.24) is 4.98 Å². The number of alkyl halides is 1. The molecule has 1 nitrogen and oxygen atoms in total. The third-order valence-corrected chi connectivity index (χ3v) is 1.56. The Kier molecular flexibility index (Phi) is 2.31. The van der Waals surface area contributed by atoms with Gasteiger partial charge in [-0.1, -0.05) is 11.6 Å². The minimum Gasteiger partial charge on any atom is -0.258 e. The molecule has 0 aliphatic carbocycles. The second-order valence-electron chi connectivity index (χ2n) is 1.57. The summed E-state index contributed by atoms with van der Waals surface area (Å²) in [5, 5.41) is 0.632. The summed E-state index contributed by atoms with van der Waals surface area (Å²) in [7, 11) is 0. The molecule has 0 fully saturated rings. The van der Waals surface area contributed by atoms with E-state index in [1.807, 2.05) is 0 Å². The first-order valence-electron chi connectivity index (χ1n) is 2.50. The molecule has 1 aromatic rings. The number of hydrogen-bond acceptors (Lipinski definition) is 1. The molecule has 0 aliphatic heterocycles. The zero-order valence-corrected chi connectivity index (χ0v) is 6.15. The average Bonchev–Trinajstić information content (AvgIpc) is 1.89. The zero-order valence-electron chi connectivity index (χ0n) is 4.64. The molecule has 1 heterocycles. The summed E-state index contributed by atoms with van der Waals surface area (Å²) in [5.41, 5.74) is 0.737. The molecule has 0 saturated heterocycles.